The van der Waals surface area contributed by atoms with Gasteiger partial charge in [-0.05, 0) is 58.7 Å². The number of benzene rings is 2. The maximum atomic E-state index is 13.3. The summed E-state index contributed by atoms with van der Waals surface area (Å²) >= 11 is 3.19. The van der Waals surface area contributed by atoms with Gasteiger partial charge in [0, 0.05) is 10.0 Å². The van der Waals surface area contributed by atoms with Crippen LogP contribution >= 0.6 is 15.9 Å². The van der Waals surface area contributed by atoms with Gasteiger partial charge in [-0.3, -0.25) is 4.79 Å². The van der Waals surface area contributed by atoms with Crippen molar-refractivity contribution in [2.45, 2.75) is 6.92 Å². The Balaban J connectivity index is 2.38. The van der Waals surface area contributed by atoms with Crippen LogP contribution in [0.25, 0.3) is 0 Å². The normalized spacial score (nSPS) is 10.2. The van der Waals surface area contributed by atoms with Crippen LogP contribution in [0.15, 0.2) is 40.9 Å². The lowest BCUT2D eigenvalue weighted by Crippen LogP contribution is -2.15. The molecule has 2 aromatic rings. The number of carbonyl (C=O) groups excluding carboxylic acids is 1. The molecule has 6 heteroatoms. The summed E-state index contributed by atoms with van der Waals surface area (Å²) in [6.07, 6.45) is 0. The SMILES string of the molecule is Cc1cc(F)cc(C(=O)Nc2c(Br)cccc2C(=O)O)c1. The zero-order valence-corrected chi connectivity index (χ0v) is 12.6. The van der Waals surface area contributed by atoms with E-state index < -0.39 is 17.7 Å². The Morgan fingerprint density at radius 1 is 1.24 bits per heavy atom. The molecule has 108 valence electrons. The fraction of sp³-hybridized carbons (Fsp3) is 0.0667. The lowest BCUT2D eigenvalue weighted by atomic mass is 10.1. The van der Waals surface area contributed by atoms with Crippen LogP contribution < -0.4 is 5.32 Å². The Hall–Kier alpha value is -2.21. The zero-order chi connectivity index (χ0) is 15.6. The number of halogens is 2. The molecule has 0 aliphatic heterocycles. The van der Waals surface area contributed by atoms with Gasteiger partial charge in [0.15, 0.2) is 0 Å². The van der Waals surface area contributed by atoms with Crippen LogP contribution in [0.1, 0.15) is 26.3 Å². The fourth-order valence-electron chi connectivity index (χ4n) is 1.88. The summed E-state index contributed by atoms with van der Waals surface area (Å²) in [5, 5.41) is 11.6. The quantitative estimate of drug-likeness (QED) is 0.882. The van der Waals surface area contributed by atoms with Crippen LogP contribution in [-0.4, -0.2) is 17.0 Å². The van der Waals surface area contributed by atoms with Gasteiger partial charge in [0.2, 0.25) is 0 Å². The van der Waals surface area contributed by atoms with Crippen molar-refractivity contribution >= 4 is 33.5 Å². The molecule has 2 rings (SSSR count). The summed E-state index contributed by atoms with van der Waals surface area (Å²) in [7, 11) is 0. The lowest BCUT2D eigenvalue weighted by Gasteiger charge is -2.11. The minimum atomic E-state index is -1.16. The van der Waals surface area contributed by atoms with Crippen molar-refractivity contribution in [2.75, 3.05) is 5.32 Å². The predicted molar refractivity (Wildman–Crippen MR) is 80.2 cm³/mol. The van der Waals surface area contributed by atoms with Crippen molar-refractivity contribution in [2.24, 2.45) is 0 Å². The van der Waals surface area contributed by atoms with Crippen LogP contribution in [0.5, 0.6) is 0 Å². The highest BCUT2D eigenvalue weighted by atomic mass is 79.9. The van der Waals surface area contributed by atoms with Crippen LogP contribution in [0.4, 0.5) is 10.1 Å². The van der Waals surface area contributed by atoms with Crippen molar-refractivity contribution in [3.8, 4) is 0 Å². The van der Waals surface area contributed by atoms with Gasteiger partial charge < -0.3 is 10.4 Å². The van der Waals surface area contributed by atoms with Gasteiger partial charge in [-0.25, -0.2) is 9.18 Å². The number of aryl methyl sites for hydroxylation is 1. The molecule has 21 heavy (non-hydrogen) atoms. The second kappa shape index (κ2) is 6.05. The van der Waals surface area contributed by atoms with Crippen molar-refractivity contribution in [3.63, 3.8) is 0 Å². The van der Waals surface area contributed by atoms with E-state index >= 15 is 0 Å². The lowest BCUT2D eigenvalue weighted by molar-refractivity contribution is 0.0698. The molecule has 4 nitrogen and oxygen atoms in total. The van der Waals surface area contributed by atoms with Gasteiger partial charge in [0.05, 0.1) is 11.3 Å². The number of carboxylic acid groups (broad SMARTS) is 1. The van der Waals surface area contributed by atoms with Crippen molar-refractivity contribution in [3.05, 3.63) is 63.4 Å². The smallest absolute Gasteiger partial charge is 0.337 e. The number of anilines is 1. The van der Waals surface area contributed by atoms with E-state index in [-0.39, 0.29) is 16.8 Å². The highest BCUT2D eigenvalue weighted by molar-refractivity contribution is 9.10. The number of carbonyl (C=O) groups is 2. The first-order chi connectivity index (χ1) is 9.88. The van der Waals surface area contributed by atoms with Crippen LogP contribution in [-0.2, 0) is 0 Å². The molecule has 0 fully saturated rings. The number of carboxylic acids is 1. The number of nitrogens with one attached hydrogen (secondary N) is 1. The predicted octanol–water partition coefficient (Wildman–Crippen LogP) is 3.85. The van der Waals surface area contributed by atoms with E-state index in [1.165, 1.54) is 18.2 Å². The number of hydrogen-bond acceptors (Lipinski definition) is 2. The van der Waals surface area contributed by atoms with E-state index in [1.54, 1.807) is 19.1 Å². The molecule has 0 heterocycles. The van der Waals surface area contributed by atoms with Crippen LogP contribution in [0.3, 0.4) is 0 Å². The molecule has 2 aromatic carbocycles. The van der Waals surface area contributed by atoms with Gasteiger partial charge in [0.25, 0.3) is 5.91 Å². The molecule has 0 saturated carbocycles. The molecule has 0 unspecified atom stereocenters. The summed E-state index contributed by atoms with van der Waals surface area (Å²) in [6.45, 7) is 1.67. The molecule has 0 saturated heterocycles. The molecule has 0 aliphatic rings. The highest BCUT2D eigenvalue weighted by Crippen LogP contribution is 2.27. The number of hydrogen-bond donors (Lipinski definition) is 2. The van der Waals surface area contributed by atoms with Crippen molar-refractivity contribution < 1.29 is 19.1 Å². The topological polar surface area (TPSA) is 66.4 Å². The molecule has 1 amide bonds. The van der Waals surface area contributed by atoms with Gasteiger partial charge in [-0.1, -0.05) is 6.07 Å². The third-order valence-corrected chi connectivity index (χ3v) is 3.45. The van der Waals surface area contributed by atoms with Crippen molar-refractivity contribution in [1.82, 2.24) is 0 Å². The molecule has 0 aliphatic carbocycles. The maximum Gasteiger partial charge on any atom is 0.337 e. The van der Waals surface area contributed by atoms with Gasteiger partial charge in [-0.2, -0.15) is 0 Å². The molecule has 0 spiro atoms. The minimum Gasteiger partial charge on any atom is -0.478 e. The molecule has 0 radical (unpaired) electrons. The van der Waals surface area contributed by atoms with E-state index in [0.29, 0.717) is 10.0 Å². The van der Waals surface area contributed by atoms with E-state index in [0.717, 1.165) is 6.07 Å². The molecule has 0 atom stereocenters. The Bertz CT molecular complexity index is 711. The van der Waals surface area contributed by atoms with E-state index in [4.69, 9.17) is 5.11 Å². The van der Waals surface area contributed by atoms with Crippen LogP contribution in [0, 0.1) is 12.7 Å². The second-order valence-corrected chi connectivity index (χ2v) is 5.29. The summed E-state index contributed by atoms with van der Waals surface area (Å²) in [4.78, 5) is 23.3. The average Bonchev–Trinajstić information content (AvgIpc) is 2.39. The number of rotatable bonds is 3. The van der Waals surface area contributed by atoms with Crippen molar-refractivity contribution in [1.29, 1.82) is 0 Å². The van der Waals surface area contributed by atoms with Gasteiger partial charge in [-0.15, -0.1) is 0 Å². The van der Waals surface area contributed by atoms with Gasteiger partial charge in [0.1, 0.15) is 5.82 Å². The summed E-state index contributed by atoms with van der Waals surface area (Å²) < 4.78 is 13.8. The minimum absolute atomic E-state index is 0.0501. The third-order valence-electron chi connectivity index (χ3n) is 2.79. The van der Waals surface area contributed by atoms with E-state index in [1.807, 2.05) is 0 Å². The number of amides is 1. The molecular weight excluding hydrogens is 341 g/mol. The summed E-state index contributed by atoms with van der Waals surface area (Å²) in [5.74, 6) is -2.26. The van der Waals surface area contributed by atoms with E-state index in [2.05, 4.69) is 21.2 Å². The Morgan fingerprint density at radius 3 is 2.57 bits per heavy atom. The standard InChI is InChI=1S/C15H11BrFNO3/c1-8-5-9(7-10(17)6-8)14(19)18-13-11(15(20)21)3-2-4-12(13)16/h2-7H,1H3,(H,18,19)(H,20,21). The summed E-state index contributed by atoms with van der Waals surface area (Å²) in [5.41, 5.74) is 0.813. The highest BCUT2D eigenvalue weighted by Gasteiger charge is 2.16. The Morgan fingerprint density at radius 2 is 1.95 bits per heavy atom. The maximum absolute atomic E-state index is 13.3. The first-order valence-electron chi connectivity index (χ1n) is 5.99. The molecule has 0 aromatic heterocycles. The summed E-state index contributed by atoms with van der Waals surface area (Å²) in [6, 6.07) is 8.46. The number of aromatic carboxylic acids is 1. The van der Waals surface area contributed by atoms with E-state index in [9.17, 15) is 14.0 Å². The number of para-hydroxylation sites is 1. The molecule has 0 bridgehead atoms. The Labute approximate surface area is 128 Å². The fourth-order valence-corrected chi connectivity index (χ4v) is 2.35. The monoisotopic (exact) mass is 351 g/mol. The largest absolute Gasteiger partial charge is 0.478 e. The first-order valence-corrected chi connectivity index (χ1v) is 6.78. The Kier molecular flexibility index (Phi) is 4.37. The zero-order valence-electron chi connectivity index (χ0n) is 11.0. The average molecular weight is 352 g/mol. The molecule has 2 N–H and O–H groups in total. The first kappa shape index (κ1) is 15.2. The van der Waals surface area contributed by atoms with Gasteiger partial charge >= 0.3 is 5.97 Å². The second-order valence-electron chi connectivity index (χ2n) is 4.44. The van der Waals surface area contributed by atoms with Crippen LogP contribution in [0.2, 0.25) is 0 Å². The molecular formula is C15H11BrFNO3. The third kappa shape index (κ3) is 3.46.